The van der Waals surface area contributed by atoms with E-state index in [2.05, 4.69) is 37.6 Å². The zero-order valence-electron chi connectivity index (χ0n) is 10.3. The van der Waals surface area contributed by atoms with Crippen LogP contribution in [0.4, 0.5) is 0 Å². The monoisotopic (exact) mass is 227 g/mol. The van der Waals surface area contributed by atoms with Crippen LogP contribution in [0.5, 0.6) is 0 Å². The summed E-state index contributed by atoms with van der Waals surface area (Å²) in [5, 5.41) is 9.44. The highest BCUT2D eigenvalue weighted by Gasteiger charge is 2.13. The van der Waals surface area contributed by atoms with Crippen LogP contribution < -0.4 is 0 Å². The molecule has 86 valence electrons. The van der Waals surface area contributed by atoms with E-state index in [0.29, 0.717) is 11.8 Å². The number of rotatable bonds is 4. The predicted octanol–water partition coefficient (Wildman–Crippen LogP) is 2.80. The molecule has 0 aromatic carbocycles. The summed E-state index contributed by atoms with van der Waals surface area (Å²) < 4.78 is 0. The van der Waals surface area contributed by atoms with E-state index in [9.17, 15) is 0 Å². The van der Waals surface area contributed by atoms with E-state index in [1.165, 1.54) is 11.8 Å². The van der Waals surface area contributed by atoms with Crippen molar-refractivity contribution >= 4 is 16.9 Å². The first-order chi connectivity index (χ1) is 7.01. The topological polar surface area (TPSA) is 39.4 Å². The van der Waals surface area contributed by atoms with Crippen LogP contribution in [0.25, 0.3) is 0 Å². The van der Waals surface area contributed by atoms with Gasteiger partial charge in [0.1, 0.15) is 0 Å². The van der Waals surface area contributed by atoms with Gasteiger partial charge in [0.15, 0.2) is 5.17 Å². The highest BCUT2D eigenvalue weighted by Crippen LogP contribution is 2.11. The van der Waals surface area contributed by atoms with E-state index in [1.807, 2.05) is 12.4 Å². The van der Waals surface area contributed by atoms with E-state index in [4.69, 9.17) is 5.26 Å². The van der Waals surface area contributed by atoms with Gasteiger partial charge in [-0.1, -0.05) is 39.5 Å². The van der Waals surface area contributed by atoms with Crippen LogP contribution in [0.15, 0.2) is 4.99 Å². The Morgan fingerprint density at radius 2 is 1.73 bits per heavy atom. The van der Waals surface area contributed by atoms with Crippen molar-refractivity contribution in [1.29, 1.82) is 5.26 Å². The molecule has 0 fully saturated rings. The smallest absolute Gasteiger partial charge is 0.208 e. The summed E-state index contributed by atoms with van der Waals surface area (Å²) in [7, 11) is 0. The molecule has 0 aromatic heterocycles. The normalized spacial score (nSPS) is 12.0. The molecule has 0 atom stereocenters. The summed E-state index contributed by atoms with van der Waals surface area (Å²) in [6, 6.07) is 0. The van der Waals surface area contributed by atoms with Crippen LogP contribution in [0, 0.1) is 23.3 Å². The molecule has 0 unspecified atom stereocenters. The lowest BCUT2D eigenvalue weighted by molar-refractivity contribution is 0.333. The molecule has 0 N–H and O–H groups in total. The average Bonchev–Trinajstić information content (AvgIpc) is 2.11. The minimum Gasteiger partial charge on any atom is -0.350 e. The first kappa shape index (κ1) is 14.3. The Morgan fingerprint density at radius 1 is 1.27 bits per heavy atom. The number of thioether (sulfide) groups is 1. The third kappa shape index (κ3) is 6.40. The number of hydrogen-bond donors (Lipinski definition) is 0. The summed E-state index contributed by atoms with van der Waals surface area (Å²) in [5.41, 5.74) is 0. The standard InChI is InChI=1S/C11H21N3S/c1-9(2)6-14(7-10(3)4)11(15-5)13-8-12/h9-10H,6-7H2,1-5H3. The van der Waals surface area contributed by atoms with Gasteiger partial charge in [0, 0.05) is 13.1 Å². The maximum Gasteiger partial charge on any atom is 0.208 e. The quantitative estimate of drug-likeness (QED) is 0.421. The van der Waals surface area contributed by atoms with Crippen LogP contribution in [0.3, 0.4) is 0 Å². The van der Waals surface area contributed by atoms with Crippen molar-refractivity contribution in [3.63, 3.8) is 0 Å². The van der Waals surface area contributed by atoms with Gasteiger partial charge in [-0.2, -0.15) is 5.26 Å². The molecule has 0 radical (unpaired) electrons. The zero-order chi connectivity index (χ0) is 11.8. The molecule has 0 aliphatic rings. The van der Waals surface area contributed by atoms with Crippen molar-refractivity contribution in [3.05, 3.63) is 0 Å². The Labute approximate surface area is 97.6 Å². The van der Waals surface area contributed by atoms with Crippen molar-refractivity contribution in [2.45, 2.75) is 27.7 Å². The lowest BCUT2D eigenvalue weighted by Crippen LogP contribution is -2.35. The highest BCUT2D eigenvalue weighted by atomic mass is 32.2. The molecule has 0 aliphatic heterocycles. The summed E-state index contributed by atoms with van der Waals surface area (Å²) in [4.78, 5) is 6.06. The second kappa shape index (κ2) is 7.58. The fraction of sp³-hybridized carbons (Fsp3) is 0.818. The molecule has 3 nitrogen and oxygen atoms in total. The second-order valence-electron chi connectivity index (χ2n) is 4.39. The van der Waals surface area contributed by atoms with Crippen molar-refractivity contribution < 1.29 is 0 Å². The van der Waals surface area contributed by atoms with Crippen molar-refractivity contribution in [2.75, 3.05) is 19.3 Å². The molecule has 0 amide bonds. The van der Waals surface area contributed by atoms with Crippen LogP contribution in [0.2, 0.25) is 0 Å². The Hall–Kier alpha value is -0.690. The van der Waals surface area contributed by atoms with Gasteiger partial charge in [-0.15, -0.1) is 4.99 Å². The van der Waals surface area contributed by atoms with Crippen LogP contribution >= 0.6 is 11.8 Å². The summed E-state index contributed by atoms with van der Waals surface area (Å²) in [5.74, 6) is 1.17. The molecule has 0 saturated carbocycles. The molecule has 0 saturated heterocycles. The van der Waals surface area contributed by atoms with Crippen molar-refractivity contribution in [3.8, 4) is 6.19 Å². The summed E-state index contributed by atoms with van der Waals surface area (Å²) in [6.07, 6.45) is 3.83. The van der Waals surface area contributed by atoms with Gasteiger partial charge in [0.25, 0.3) is 0 Å². The average molecular weight is 227 g/mol. The Kier molecular flexibility index (Phi) is 7.23. The first-order valence-electron chi connectivity index (χ1n) is 5.27. The zero-order valence-corrected chi connectivity index (χ0v) is 11.1. The van der Waals surface area contributed by atoms with E-state index < -0.39 is 0 Å². The molecule has 0 aromatic rings. The maximum atomic E-state index is 8.61. The molecule has 0 heterocycles. The third-order valence-electron chi connectivity index (χ3n) is 1.77. The Bertz CT molecular complexity index is 231. The first-order valence-corrected chi connectivity index (χ1v) is 6.49. The fourth-order valence-electron chi connectivity index (χ4n) is 1.40. The Morgan fingerprint density at radius 3 is 2.00 bits per heavy atom. The van der Waals surface area contributed by atoms with Gasteiger partial charge in [-0.05, 0) is 18.1 Å². The largest absolute Gasteiger partial charge is 0.350 e. The van der Waals surface area contributed by atoms with Crippen molar-refractivity contribution in [1.82, 2.24) is 4.90 Å². The summed E-state index contributed by atoms with van der Waals surface area (Å²) in [6.45, 7) is 10.6. The number of amidine groups is 1. The van der Waals surface area contributed by atoms with Gasteiger partial charge >= 0.3 is 0 Å². The lowest BCUT2D eigenvalue weighted by atomic mass is 10.1. The molecule has 0 spiro atoms. The summed E-state index contributed by atoms with van der Waals surface area (Å²) >= 11 is 1.54. The molecule has 15 heavy (non-hydrogen) atoms. The second-order valence-corrected chi connectivity index (χ2v) is 5.16. The third-order valence-corrected chi connectivity index (χ3v) is 2.48. The molecule has 0 rings (SSSR count). The van der Waals surface area contributed by atoms with E-state index >= 15 is 0 Å². The van der Waals surface area contributed by atoms with E-state index in [0.717, 1.165) is 18.3 Å². The minimum absolute atomic E-state index is 0.583. The maximum absolute atomic E-state index is 8.61. The van der Waals surface area contributed by atoms with Crippen molar-refractivity contribution in [2.24, 2.45) is 16.8 Å². The predicted molar refractivity (Wildman–Crippen MR) is 67.8 cm³/mol. The number of hydrogen-bond acceptors (Lipinski definition) is 3. The van der Waals surface area contributed by atoms with Crippen LogP contribution in [0.1, 0.15) is 27.7 Å². The van der Waals surface area contributed by atoms with E-state index in [1.54, 1.807) is 0 Å². The molecule has 4 heteroatoms. The molecule has 0 aliphatic carbocycles. The fourth-order valence-corrected chi connectivity index (χ4v) is 1.94. The minimum atomic E-state index is 0.583. The highest BCUT2D eigenvalue weighted by molar-refractivity contribution is 8.13. The Balaban J connectivity index is 4.59. The van der Waals surface area contributed by atoms with Gasteiger partial charge in [0.05, 0.1) is 0 Å². The van der Waals surface area contributed by atoms with E-state index in [-0.39, 0.29) is 0 Å². The number of nitrogens with zero attached hydrogens (tertiary/aromatic N) is 3. The molecular weight excluding hydrogens is 206 g/mol. The number of aliphatic imine (C=N–C) groups is 1. The lowest BCUT2D eigenvalue weighted by Gasteiger charge is -2.27. The SMILES string of the molecule is CSC(=NC#N)N(CC(C)C)CC(C)C. The number of nitriles is 1. The van der Waals surface area contributed by atoms with Gasteiger partial charge in [0.2, 0.25) is 6.19 Å². The molecule has 0 bridgehead atoms. The van der Waals surface area contributed by atoms with Gasteiger partial charge in [-0.3, -0.25) is 0 Å². The van der Waals surface area contributed by atoms with Crippen LogP contribution in [-0.2, 0) is 0 Å². The van der Waals surface area contributed by atoms with Gasteiger partial charge < -0.3 is 4.90 Å². The molecular formula is C11H21N3S. The van der Waals surface area contributed by atoms with Crippen LogP contribution in [-0.4, -0.2) is 29.4 Å². The van der Waals surface area contributed by atoms with Gasteiger partial charge in [-0.25, -0.2) is 0 Å².